The van der Waals surface area contributed by atoms with E-state index in [4.69, 9.17) is 17.0 Å². The van der Waals surface area contributed by atoms with Crippen LogP contribution in [-0.2, 0) is 4.79 Å². The monoisotopic (exact) mass is 516 g/mol. The largest absolute Gasteiger partial charge is 0.494 e. The minimum Gasteiger partial charge on any atom is -0.494 e. The molecule has 37 heavy (non-hydrogen) atoms. The first-order valence-corrected chi connectivity index (χ1v) is 12.4. The van der Waals surface area contributed by atoms with E-state index >= 15 is 0 Å². The number of hydrogen-bond acceptors (Lipinski definition) is 6. The van der Waals surface area contributed by atoms with Gasteiger partial charge < -0.3 is 20.3 Å². The number of nitrogens with one attached hydrogen (secondary N) is 2. The number of aryl methyl sites for hydroxylation is 1. The second kappa shape index (κ2) is 10.0. The van der Waals surface area contributed by atoms with Crippen molar-refractivity contribution in [2.45, 2.75) is 39.3 Å². The van der Waals surface area contributed by atoms with Crippen LogP contribution in [0.2, 0.25) is 0 Å². The fraction of sp³-hybridized carbons (Fsp3) is 0.269. The van der Waals surface area contributed by atoms with Crippen molar-refractivity contribution in [3.05, 3.63) is 84.0 Å². The average molecular weight is 517 g/mol. The summed E-state index contributed by atoms with van der Waals surface area (Å²) in [6, 6.07) is 13.3. The molecular weight excluding hydrogens is 488 g/mol. The van der Waals surface area contributed by atoms with Gasteiger partial charge in [-0.25, -0.2) is 4.68 Å². The number of hydrogen-bond donors (Lipinski definition) is 2. The fourth-order valence-electron chi connectivity index (χ4n) is 4.85. The molecule has 3 aromatic heterocycles. The Balaban J connectivity index is 1.64. The predicted molar refractivity (Wildman–Crippen MR) is 145 cm³/mol. The third-order valence-corrected chi connectivity index (χ3v) is 6.86. The number of amides is 1. The zero-order valence-electron chi connectivity index (χ0n) is 21.0. The average Bonchev–Trinajstić information content (AvgIpc) is 3.62. The number of carbonyl (C=O) groups excluding carboxylic acids is 1. The summed E-state index contributed by atoms with van der Waals surface area (Å²) in [6.07, 6.45) is 5.50. The molecule has 11 heteroatoms. The molecule has 0 aliphatic carbocycles. The van der Waals surface area contributed by atoms with Gasteiger partial charge in [0.15, 0.2) is 5.11 Å². The van der Waals surface area contributed by atoms with Gasteiger partial charge in [0.25, 0.3) is 0 Å². The lowest BCUT2D eigenvalue weighted by Gasteiger charge is -2.28. The minimum atomic E-state index is -0.209. The lowest BCUT2D eigenvalue weighted by Crippen LogP contribution is -2.29. The van der Waals surface area contributed by atoms with E-state index in [0.29, 0.717) is 23.0 Å². The van der Waals surface area contributed by atoms with Crippen molar-refractivity contribution in [3.63, 3.8) is 0 Å². The summed E-state index contributed by atoms with van der Waals surface area (Å²) in [5.74, 6) is 0.469. The summed E-state index contributed by atoms with van der Waals surface area (Å²) in [5.41, 5.74) is 5.46. The first kappa shape index (κ1) is 24.4. The van der Waals surface area contributed by atoms with Gasteiger partial charge in [0.2, 0.25) is 5.91 Å². The summed E-state index contributed by atoms with van der Waals surface area (Å²) in [4.78, 5) is 18.7. The zero-order chi connectivity index (χ0) is 26.1. The molecule has 0 unspecified atom stereocenters. The Hall–Kier alpha value is -4.25. The third kappa shape index (κ3) is 4.42. The molecule has 0 saturated carbocycles. The van der Waals surface area contributed by atoms with E-state index in [1.807, 2.05) is 54.9 Å². The van der Waals surface area contributed by atoms with E-state index in [0.717, 1.165) is 28.3 Å². The highest BCUT2D eigenvalue weighted by Gasteiger charge is 2.42. The van der Waals surface area contributed by atoms with Crippen molar-refractivity contribution in [2.24, 2.45) is 0 Å². The number of ether oxygens (including phenoxy) is 1. The normalized spacial score (nSPS) is 17.1. The van der Waals surface area contributed by atoms with Gasteiger partial charge in [-0.1, -0.05) is 13.0 Å². The highest BCUT2D eigenvalue weighted by molar-refractivity contribution is 7.80. The standard InChI is InChI=1S/C26H28N8O2S/c1-5-23(35)30-20-10-9-18(13-22(20)36-4)33-25(24(31-26(33)37)21-8-6-7-11-27-21)19-12-16(2)34(17(19)3)32-14-28-29-15-32/h6-15,24-25H,5H2,1-4H3,(H,30,35)(H,31,37)/t24-,25-/m1/s1. The van der Waals surface area contributed by atoms with E-state index in [9.17, 15) is 4.79 Å². The summed E-state index contributed by atoms with van der Waals surface area (Å²) in [5, 5.41) is 14.9. The fourth-order valence-corrected chi connectivity index (χ4v) is 5.20. The number of pyridine rings is 1. The van der Waals surface area contributed by atoms with Gasteiger partial charge in [-0.3, -0.25) is 14.5 Å². The highest BCUT2D eigenvalue weighted by atomic mass is 32.1. The van der Waals surface area contributed by atoms with Crippen LogP contribution in [0.3, 0.4) is 0 Å². The van der Waals surface area contributed by atoms with E-state index in [1.165, 1.54) is 0 Å². The van der Waals surface area contributed by atoms with Crippen LogP contribution in [0.4, 0.5) is 11.4 Å². The van der Waals surface area contributed by atoms with Crippen LogP contribution >= 0.6 is 12.2 Å². The van der Waals surface area contributed by atoms with Crippen molar-refractivity contribution in [3.8, 4) is 5.75 Å². The molecule has 1 aliphatic rings. The molecule has 10 nitrogen and oxygen atoms in total. The molecule has 2 N–H and O–H groups in total. The van der Waals surface area contributed by atoms with Crippen molar-refractivity contribution in [1.29, 1.82) is 0 Å². The number of aromatic nitrogens is 5. The lowest BCUT2D eigenvalue weighted by atomic mass is 9.96. The minimum absolute atomic E-state index is 0.0843. The van der Waals surface area contributed by atoms with Gasteiger partial charge in [-0.05, 0) is 56.4 Å². The van der Waals surface area contributed by atoms with Crippen LogP contribution < -0.4 is 20.3 Å². The maximum atomic E-state index is 12.0. The number of benzene rings is 1. The zero-order valence-corrected chi connectivity index (χ0v) is 21.9. The number of rotatable bonds is 7. The quantitative estimate of drug-likeness (QED) is 0.356. The molecule has 0 radical (unpaired) electrons. The van der Waals surface area contributed by atoms with E-state index in [1.54, 1.807) is 26.0 Å². The van der Waals surface area contributed by atoms with Gasteiger partial charge in [0.05, 0.1) is 30.6 Å². The Morgan fingerprint density at radius 3 is 2.62 bits per heavy atom. The van der Waals surface area contributed by atoms with Crippen LogP contribution in [0.15, 0.2) is 61.3 Å². The Morgan fingerprint density at radius 1 is 1.16 bits per heavy atom. The van der Waals surface area contributed by atoms with Gasteiger partial charge in [0, 0.05) is 41.3 Å². The van der Waals surface area contributed by atoms with Crippen molar-refractivity contribution in [1.82, 2.24) is 29.9 Å². The van der Waals surface area contributed by atoms with Gasteiger partial charge >= 0.3 is 0 Å². The molecule has 5 rings (SSSR count). The number of nitrogens with zero attached hydrogens (tertiary/aromatic N) is 6. The number of methoxy groups -OCH3 is 1. The molecule has 0 bridgehead atoms. The molecule has 1 aliphatic heterocycles. The summed E-state index contributed by atoms with van der Waals surface area (Å²) in [6.45, 7) is 5.93. The number of anilines is 2. The summed E-state index contributed by atoms with van der Waals surface area (Å²) >= 11 is 5.88. The van der Waals surface area contributed by atoms with Crippen LogP contribution in [0.5, 0.6) is 5.75 Å². The Kier molecular flexibility index (Phi) is 6.62. The Morgan fingerprint density at radius 2 is 1.95 bits per heavy atom. The number of carbonyl (C=O) groups is 1. The molecule has 2 atom stereocenters. The second-order valence-corrected chi connectivity index (χ2v) is 9.15. The van der Waals surface area contributed by atoms with Gasteiger partial charge in [-0.15, -0.1) is 10.2 Å². The Bertz CT molecular complexity index is 1430. The first-order chi connectivity index (χ1) is 17.9. The van der Waals surface area contributed by atoms with Crippen LogP contribution in [0.25, 0.3) is 0 Å². The third-order valence-electron chi connectivity index (χ3n) is 6.55. The molecule has 1 amide bonds. The molecule has 0 spiro atoms. The summed E-state index contributed by atoms with van der Waals surface area (Å²) in [7, 11) is 1.59. The maximum absolute atomic E-state index is 12.0. The summed E-state index contributed by atoms with van der Waals surface area (Å²) < 4.78 is 9.55. The van der Waals surface area contributed by atoms with Gasteiger partial charge in [0.1, 0.15) is 18.4 Å². The molecule has 4 aromatic rings. The molecule has 4 heterocycles. The predicted octanol–water partition coefficient (Wildman–Crippen LogP) is 3.94. The topological polar surface area (TPSA) is 102 Å². The van der Waals surface area contributed by atoms with E-state index in [2.05, 4.69) is 48.4 Å². The molecule has 1 saturated heterocycles. The molecular formula is C26H28N8O2S. The van der Waals surface area contributed by atoms with Crippen molar-refractivity contribution in [2.75, 3.05) is 17.3 Å². The molecule has 1 aromatic carbocycles. The first-order valence-electron chi connectivity index (χ1n) is 12.0. The maximum Gasteiger partial charge on any atom is 0.224 e. The molecule has 190 valence electrons. The van der Waals surface area contributed by atoms with Crippen molar-refractivity contribution >= 4 is 34.6 Å². The highest BCUT2D eigenvalue weighted by Crippen LogP contribution is 2.44. The van der Waals surface area contributed by atoms with E-state index in [-0.39, 0.29) is 18.0 Å². The van der Waals surface area contributed by atoms with Crippen LogP contribution in [0.1, 0.15) is 48.1 Å². The van der Waals surface area contributed by atoms with Crippen LogP contribution in [-0.4, -0.2) is 42.7 Å². The lowest BCUT2D eigenvalue weighted by molar-refractivity contribution is -0.115. The van der Waals surface area contributed by atoms with Crippen molar-refractivity contribution < 1.29 is 9.53 Å². The van der Waals surface area contributed by atoms with Crippen LogP contribution in [0, 0.1) is 13.8 Å². The van der Waals surface area contributed by atoms with E-state index < -0.39 is 0 Å². The number of thiocarbonyl (C=S) groups is 1. The second-order valence-electron chi connectivity index (χ2n) is 8.76. The SMILES string of the molecule is CCC(=O)Nc1ccc(N2C(=S)N[C@H](c3ccccn3)[C@H]2c2cc(C)n(-n3cnnc3)c2C)cc1OC. The molecule has 1 fully saturated rings. The van der Waals surface area contributed by atoms with Gasteiger partial charge in [-0.2, -0.15) is 0 Å². The smallest absolute Gasteiger partial charge is 0.224 e. The Labute approximate surface area is 220 Å².